The summed E-state index contributed by atoms with van der Waals surface area (Å²) < 4.78 is 6.08. The van der Waals surface area contributed by atoms with E-state index in [0.29, 0.717) is 15.4 Å². The predicted molar refractivity (Wildman–Crippen MR) is 74.5 cm³/mol. The number of benzene rings is 1. The van der Waals surface area contributed by atoms with Crippen molar-refractivity contribution >= 4 is 38.8 Å². The monoisotopic (exact) mass is 341 g/mol. The van der Waals surface area contributed by atoms with Crippen molar-refractivity contribution in [2.75, 3.05) is 0 Å². The van der Waals surface area contributed by atoms with E-state index in [2.05, 4.69) is 21.2 Å². The van der Waals surface area contributed by atoms with Crippen LogP contribution in [-0.2, 0) is 4.79 Å². The number of carboxylic acid groups (broad SMARTS) is 1. The quantitative estimate of drug-likeness (QED) is 0.786. The lowest BCUT2D eigenvalue weighted by molar-refractivity contribution is -0.141. The fraction of sp³-hybridized carbons (Fsp3) is 0.231. The first-order valence-electron chi connectivity index (χ1n) is 5.80. The Bertz CT molecular complexity index is 664. The highest BCUT2D eigenvalue weighted by atomic mass is 79.9. The molecule has 0 bridgehead atoms. The van der Waals surface area contributed by atoms with Crippen molar-refractivity contribution in [1.29, 1.82) is 0 Å². The fourth-order valence-electron chi connectivity index (χ4n) is 1.74. The number of fused-ring (bicyclic) bond motifs is 1. The minimum atomic E-state index is -1.39. The van der Waals surface area contributed by atoms with Crippen molar-refractivity contribution in [1.82, 2.24) is 5.32 Å². The smallest absolute Gasteiger partial charge is 0.328 e. The van der Waals surface area contributed by atoms with Crippen LogP contribution in [0.4, 0.5) is 0 Å². The van der Waals surface area contributed by atoms with E-state index in [1.807, 2.05) is 0 Å². The summed E-state index contributed by atoms with van der Waals surface area (Å²) in [5.41, 5.74) is 0.501. The van der Waals surface area contributed by atoms with Crippen LogP contribution in [0.15, 0.2) is 33.2 Å². The van der Waals surface area contributed by atoms with Gasteiger partial charge in [-0.1, -0.05) is 12.1 Å². The van der Waals surface area contributed by atoms with Gasteiger partial charge < -0.3 is 19.9 Å². The number of carboxylic acids is 1. The van der Waals surface area contributed by atoms with Crippen LogP contribution in [0.2, 0.25) is 0 Å². The number of aliphatic hydroxyl groups excluding tert-OH is 1. The summed E-state index contributed by atoms with van der Waals surface area (Å²) in [5.74, 6) is -2.02. The number of amides is 1. The number of carbonyl (C=O) groups is 2. The zero-order valence-electron chi connectivity index (χ0n) is 10.5. The molecule has 0 aliphatic rings. The maximum Gasteiger partial charge on any atom is 0.328 e. The van der Waals surface area contributed by atoms with Gasteiger partial charge in [0.15, 0.2) is 11.8 Å². The molecule has 2 atom stereocenters. The molecule has 2 unspecified atom stereocenters. The van der Waals surface area contributed by atoms with Gasteiger partial charge in [-0.2, -0.15) is 0 Å². The van der Waals surface area contributed by atoms with Crippen LogP contribution in [0.1, 0.15) is 17.5 Å². The second-order valence-corrected chi connectivity index (χ2v) is 5.15. The molecule has 1 amide bonds. The van der Waals surface area contributed by atoms with E-state index >= 15 is 0 Å². The molecule has 0 spiro atoms. The number of aliphatic hydroxyl groups is 1. The van der Waals surface area contributed by atoms with Crippen molar-refractivity contribution < 1.29 is 24.2 Å². The van der Waals surface area contributed by atoms with Crippen molar-refractivity contribution in [2.45, 2.75) is 19.1 Å². The molecule has 6 nitrogen and oxygen atoms in total. The average molecular weight is 342 g/mol. The highest BCUT2D eigenvalue weighted by Gasteiger charge is 2.26. The zero-order valence-corrected chi connectivity index (χ0v) is 12.0. The lowest BCUT2D eigenvalue weighted by Gasteiger charge is -2.15. The molecule has 7 heteroatoms. The minimum absolute atomic E-state index is 0.0150. The largest absolute Gasteiger partial charge is 0.480 e. The van der Waals surface area contributed by atoms with Gasteiger partial charge in [-0.15, -0.1) is 0 Å². The molecule has 2 rings (SSSR count). The third-order valence-electron chi connectivity index (χ3n) is 2.75. The molecule has 0 saturated heterocycles. The molecule has 106 valence electrons. The summed E-state index contributed by atoms with van der Waals surface area (Å²) in [7, 11) is 0. The van der Waals surface area contributed by atoms with Gasteiger partial charge in [0.25, 0.3) is 5.91 Å². The highest BCUT2D eigenvalue weighted by Crippen LogP contribution is 2.26. The molecule has 2 aromatic rings. The predicted octanol–water partition coefficient (Wildman–Crippen LogP) is 1.76. The second-order valence-electron chi connectivity index (χ2n) is 4.30. The molecule has 20 heavy (non-hydrogen) atoms. The summed E-state index contributed by atoms with van der Waals surface area (Å²) >= 11 is 3.30. The molecule has 1 aromatic heterocycles. The van der Waals surface area contributed by atoms with Crippen LogP contribution in [0.3, 0.4) is 0 Å². The SMILES string of the molecule is CC(O)C(NC(=O)c1cc2cccc(Br)c2o1)C(=O)O. The summed E-state index contributed by atoms with van der Waals surface area (Å²) in [5, 5.41) is 21.2. The first-order valence-corrected chi connectivity index (χ1v) is 6.59. The van der Waals surface area contributed by atoms with Crippen LogP contribution >= 0.6 is 15.9 Å². The standard InChI is InChI=1S/C13H12BrNO5/c1-6(16)10(13(18)19)15-12(17)9-5-7-3-2-4-8(14)11(7)20-9/h2-6,10,16H,1H3,(H,15,17)(H,18,19). The molecule has 0 radical (unpaired) electrons. The van der Waals surface area contributed by atoms with Crippen molar-refractivity contribution in [3.05, 3.63) is 34.5 Å². The number of aliphatic carboxylic acids is 1. The number of rotatable bonds is 4. The number of hydrogen-bond acceptors (Lipinski definition) is 4. The average Bonchev–Trinajstić information content (AvgIpc) is 2.80. The molecule has 0 aliphatic carbocycles. The number of hydrogen-bond donors (Lipinski definition) is 3. The lowest BCUT2D eigenvalue weighted by Crippen LogP contribution is -2.47. The number of nitrogens with one attached hydrogen (secondary N) is 1. The number of furan rings is 1. The summed E-state index contributed by atoms with van der Waals surface area (Å²) in [6.45, 7) is 1.29. The lowest BCUT2D eigenvalue weighted by atomic mass is 10.2. The van der Waals surface area contributed by atoms with Gasteiger partial charge in [0.05, 0.1) is 10.6 Å². The second kappa shape index (κ2) is 5.64. The first kappa shape index (κ1) is 14.5. The Labute approximate surface area is 122 Å². The normalized spacial score (nSPS) is 13.9. The van der Waals surface area contributed by atoms with Crippen LogP contribution in [0.5, 0.6) is 0 Å². The Morgan fingerprint density at radius 1 is 1.40 bits per heavy atom. The van der Waals surface area contributed by atoms with Gasteiger partial charge in [-0.05, 0) is 35.0 Å². The number of carbonyl (C=O) groups excluding carboxylic acids is 1. The molecule has 0 fully saturated rings. The van der Waals surface area contributed by atoms with Gasteiger partial charge in [0.2, 0.25) is 0 Å². The van der Waals surface area contributed by atoms with E-state index in [4.69, 9.17) is 9.52 Å². The van der Waals surface area contributed by atoms with Crippen molar-refractivity contribution in [2.24, 2.45) is 0 Å². The number of halogens is 1. The Hall–Kier alpha value is -1.86. The zero-order chi connectivity index (χ0) is 14.9. The Morgan fingerprint density at radius 2 is 2.10 bits per heavy atom. The Morgan fingerprint density at radius 3 is 2.65 bits per heavy atom. The molecule has 1 aromatic carbocycles. The maximum atomic E-state index is 12.0. The summed E-state index contributed by atoms with van der Waals surface area (Å²) in [6, 6.07) is 5.45. The van der Waals surface area contributed by atoms with Gasteiger partial charge in [-0.3, -0.25) is 4.79 Å². The van der Waals surface area contributed by atoms with Crippen LogP contribution < -0.4 is 5.32 Å². The molecule has 1 heterocycles. The third kappa shape index (κ3) is 2.83. The van der Waals surface area contributed by atoms with Gasteiger partial charge in [-0.25, -0.2) is 4.79 Å². The third-order valence-corrected chi connectivity index (χ3v) is 3.38. The highest BCUT2D eigenvalue weighted by molar-refractivity contribution is 9.10. The summed E-state index contributed by atoms with van der Waals surface area (Å²) in [6.07, 6.45) is -1.22. The molecular formula is C13H12BrNO5. The minimum Gasteiger partial charge on any atom is -0.480 e. The van der Waals surface area contributed by atoms with E-state index in [-0.39, 0.29) is 5.76 Å². The van der Waals surface area contributed by atoms with Crippen molar-refractivity contribution in [3.8, 4) is 0 Å². The maximum absolute atomic E-state index is 12.0. The van der Waals surface area contributed by atoms with Crippen molar-refractivity contribution in [3.63, 3.8) is 0 Å². The Balaban J connectivity index is 2.27. The van der Waals surface area contributed by atoms with E-state index < -0.39 is 24.0 Å². The fourth-order valence-corrected chi connectivity index (χ4v) is 2.20. The van der Waals surface area contributed by atoms with Crippen LogP contribution in [-0.4, -0.2) is 34.2 Å². The van der Waals surface area contributed by atoms with Gasteiger partial charge in [0.1, 0.15) is 5.58 Å². The van der Waals surface area contributed by atoms with E-state index in [1.165, 1.54) is 13.0 Å². The van der Waals surface area contributed by atoms with Crippen LogP contribution in [0, 0.1) is 0 Å². The topological polar surface area (TPSA) is 99.8 Å². The van der Waals surface area contributed by atoms with Crippen LogP contribution in [0.25, 0.3) is 11.0 Å². The molecular weight excluding hydrogens is 330 g/mol. The first-order chi connectivity index (χ1) is 9.40. The van der Waals surface area contributed by atoms with E-state index in [9.17, 15) is 14.7 Å². The number of para-hydroxylation sites is 1. The Kier molecular flexibility index (Phi) is 4.10. The molecule has 3 N–H and O–H groups in total. The van der Waals surface area contributed by atoms with E-state index in [0.717, 1.165) is 0 Å². The van der Waals surface area contributed by atoms with Gasteiger partial charge >= 0.3 is 5.97 Å². The molecule has 0 aliphatic heterocycles. The van der Waals surface area contributed by atoms with E-state index in [1.54, 1.807) is 18.2 Å². The molecule has 0 saturated carbocycles. The summed E-state index contributed by atoms with van der Waals surface area (Å²) in [4.78, 5) is 22.9. The van der Waals surface area contributed by atoms with Gasteiger partial charge in [0, 0.05) is 5.39 Å².